The highest BCUT2D eigenvalue weighted by Crippen LogP contribution is 2.19. The van der Waals surface area contributed by atoms with Crippen molar-refractivity contribution in [3.05, 3.63) is 47.8 Å². The Hall–Kier alpha value is -2.54. The fourth-order valence-corrected chi connectivity index (χ4v) is 2.66. The van der Waals surface area contributed by atoms with E-state index in [1.54, 1.807) is 24.9 Å². The monoisotopic (exact) mass is 373 g/mol. The van der Waals surface area contributed by atoms with Crippen LogP contribution in [0.15, 0.2) is 41.7 Å². The summed E-state index contributed by atoms with van der Waals surface area (Å²) in [7, 11) is 3.50. The maximum Gasteiger partial charge on any atom is 0.191 e. The van der Waals surface area contributed by atoms with Crippen molar-refractivity contribution in [2.75, 3.05) is 26.7 Å². The van der Waals surface area contributed by atoms with Crippen LogP contribution >= 0.6 is 0 Å². The summed E-state index contributed by atoms with van der Waals surface area (Å²) in [5.74, 6) is 1.58. The standard InChI is InChI=1S/C20H31N5O2/c1-5-21-19(23-15-20(2,26)17-13-24-25(3)14-17)22-12-6-7-16-8-10-18(27-4)11-9-16/h8-11,13-14,26H,5-7,12,15H2,1-4H3,(H2,21,22,23). The number of hydrogen-bond acceptors (Lipinski definition) is 4. The van der Waals surface area contributed by atoms with E-state index in [-0.39, 0.29) is 6.54 Å². The van der Waals surface area contributed by atoms with Crippen molar-refractivity contribution < 1.29 is 9.84 Å². The van der Waals surface area contributed by atoms with Crippen molar-refractivity contribution in [2.45, 2.75) is 32.3 Å². The first-order chi connectivity index (χ1) is 12.9. The second-order valence-electron chi connectivity index (χ2n) is 6.75. The van der Waals surface area contributed by atoms with E-state index >= 15 is 0 Å². The zero-order chi connectivity index (χ0) is 19.7. The second kappa shape index (κ2) is 9.97. The third kappa shape index (κ3) is 6.60. The third-order valence-corrected chi connectivity index (χ3v) is 4.31. The zero-order valence-corrected chi connectivity index (χ0v) is 16.7. The van der Waals surface area contributed by atoms with Crippen LogP contribution in [0.5, 0.6) is 5.75 Å². The highest BCUT2D eigenvalue weighted by atomic mass is 16.5. The van der Waals surface area contributed by atoms with Gasteiger partial charge in [0, 0.05) is 31.9 Å². The summed E-state index contributed by atoms with van der Waals surface area (Å²) in [6, 6.07) is 8.13. The number of hydrogen-bond donors (Lipinski definition) is 3. The number of benzene rings is 1. The fourth-order valence-electron chi connectivity index (χ4n) is 2.66. The van der Waals surface area contributed by atoms with E-state index in [4.69, 9.17) is 4.74 Å². The number of aromatic nitrogens is 2. The highest BCUT2D eigenvalue weighted by molar-refractivity contribution is 5.79. The topological polar surface area (TPSA) is 83.7 Å². The summed E-state index contributed by atoms with van der Waals surface area (Å²) in [5, 5.41) is 21.3. The molecule has 2 rings (SSSR count). The van der Waals surface area contributed by atoms with Gasteiger partial charge in [0.15, 0.2) is 5.96 Å². The summed E-state index contributed by atoms with van der Waals surface area (Å²) < 4.78 is 6.86. The van der Waals surface area contributed by atoms with Gasteiger partial charge in [0.05, 0.1) is 19.9 Å². The Bertz CT molecular complexity index is 722. The molecule has 3 N–H and O–H groups in total. The van der Waals surface area contributed by atoms with E-state index in [2.05, 4.69) is 32.9 Å². The van der Waals surface area contributed by atoms with Gasteiger partial charge in [-0.15, -0.1) is 0 Å². The third-order valence-electron chi connectivity index (χ3n) is 4.31. The van der Waals surface area contributed by atoms with Crippen molar-refractivity contribution in [2.24, 2.45) is 12.0 Å². The van der Waals surface area contributed by atoms with E-state index in [0.29, 0.717) is 5.96 Å². The molecule has 2 aromatic rings. The van der Waals surface area contributed by atoms with Crippen LogP contribution in [-0.2, 0) is 19.1 Å². The number of aliphatic imine (C=N–C) groups is 1. The van der Waals surface area contributed by atoms with Gasteiger partial charge in [0.2, 0.25) is 0 Å². The molecule has 1 heterocycles. The minimum absolute atomic E-state index is 0.256. The van der Waals surface area contributed by atoms with Gasteiger partial charge in [-0.3, -0.25) is 4.68 Å². The lowest BCUT2D eigenvalue weighted by atomic mass is 10.0. The van der Waals surface area contributed by atoms with Gasteiger partial charge in [-0.05, 0) is 44.4 Å². The van der Waals surface area contributed by atoms with Gasteiger partial charge < -0.3 is 20.5 Å². The molecule has 1 aromatic carbocycles. The van der Waals surface area contributed by atoms with E-state index in [1.807, 2.05) is 32.3 Å². The number of aliphatic hydroxyl groups is 1. The maximum atomic E-state index is 10.7. The molecule has 0 bridgehead atoms. The van der Waals surface area contributed by atoms with Gasteiger partial charge in [-0.1, -0.05) is 12.1 Å². The van der Waals surface area contributed by atoms with Crippen molar-refractivity contribution in [1.82, 2.24) is 20.4 Å². The molecule has 1 unspecified atom stereocenters. The van der Waals surface area contributed by atoms with Crippen LogP contribution in [-0.4, -0.2) is 47.6 Å². The lowest BCUT2D eigenvalue weighted by molar-refractivity contribution is 0.0672. The van der Waals surface area contributed by atoms with E-state index in [1.165, 1.54) is 5.56 Å². The van der Waals surface area contributed by atoms with Crippen molar-refractivity contribution in [3.63, 3.8) is 0 Å². The number of nitrogens with one attached hydrogen (secondary N) is 2. The first-order valence-corrected chi connectivity index (χ1v) is 9.31. The molecular weight excluding hydrogens is 342 g/mol. The molecule has 0 amide bonds. The van der Waals surface area contributed by atoms with Crippen molar-refractivity contribution in [3.8, 4) is 5.75 Å². The van der Waals surface area contributed by atoms with Gasteiger partial charge in [-0.2, -0.15) is 5.10 Å². The molecule has 1 atom stereocenters. The predicted molar refractivity (Wildman–Crippen MR) is 108 cm³/mol. The lowest BCUT2D eigenvalue weighted by Gasteiger charge is -2.20. The predicted octanol–water partition coefficient (Wildman–Crippen LogP) is 1.82. The first-order valence-electron chi connectivity index (χ1n) is 9.31. The molecule has 0 aliphatic rings. The number of rotatable bonds is 9. The Kier molecular flexibility index (Phi) is 7.67. The molecule has 0 radical (unpaired) electrons. The van der Waals surface area contributed by atoms with E-state index in [0.717, 1.165) is 37.2 Å². The molecule has 0 saturated carbocycles. The Morgan fingerprint density at radius 2 is 2.04 bits per heavy atom. The van der Waals surface area contributed by atoms with Crippen LogP contribution < -0.4 is 15.4 Å². The van der Waals surface area contributed by atoms with Crippen LogP contribution in [0.3, 0.4) is 0 Å². The summed E-state index contributed by atoms with van der Waals surface area (Å²) in [4.78, 5) is 4.53. The Morgan fingerprint density at radius 3 is 2.63 bits per heavy atom. The van der Waals surface area contributed by atoms with E-state index in [9.17, 15) is 5.11 Å². The number of aryl methyl sites for hydroxylation is 2. The normalized spacial score (nSPS) is 13.9. The maximum absolute atomic E-state index is 10.7. The number of nitrogens with zero attached hydrogens (tertiary/aromatic N) is 3. The quantitative estimate of drug-likeness (QED) is 0.355. The molecule has 0 aliphatic carbocycles. The van der Waals surface area contributed by atoms with Gasteiger partial charge >= 0.3 is 0 Å². The number of guanidine groups is 1. The molecular formula is C20H31N5O2. The first kappa shape index (κ1) is 20.8. The Labute approximate surface area is 161 Å². The highest BCUT2D eigenvalue weighted by Gasteiger charge is 2.24. The minimum atomic E-state index is -1.06. The fraction of sp³-hybridized carbons (Fsp3) is 0.500. The zero-order valence-electron chi connectivity index (χ0n) is 16.7. The Balaban J connectivity index is 1.83. The number of ether oxygens (including phenoxy) is 1. The molecule has 27 heavy (non-hydrogen) atoms. The molecule has 0 aliphatic heterocycles. The SMILES string of the molecule is CCNC(=NCC(C)(O)c1cnn(C)c1)NCCCc1ccc(OC)cc1. The largest absolute Gasteiger partial charge is 0.497 e. The average Bonchev–Trinajstić information content (AvgIpc) is 3.11. The Morgan fingerprint density at radius 1 is 1.30 bits per heavy atom. The van der Waals surface area contributed by atoms with Crippen molar-refractivity contribution >= 4 is 5.96 Å². The molecule has 0 fully saturated rings. The average molecular weight is 374 g/mol. The molecule has 7 nitrogen and oxygen atoms in total. The van der Waals surface area contributed by atoms with Crippen LogP contribution in [0.1, 0.15) is 31.4 Å². The van der Waals surface area contributed by atoms with Crippen LogP contribution in [0, 0.1) is 0 Å². The summed E-state index contributed by atoms with van der Waals surface area (Å²) in [6.45, 7) is 5.59. The second-order valence-corrected chi connectivity index (χ2v) is 6.75. The molecule has 0 saturated heterocycles. The van der Waals surface area contributed by atoms with Gasteiger partial charge in [-0.25, -0.2) is 4.99 Å². The molecule has 7 heteroatoms. The summed E-state index contributed by atoms with van der Waals surface area (Å²) in [6.07, 6.45) is 5.44. The van der Waals surface area contributed by atoms with Gasteiger partial charge in [0.1, 0.15) is 11.4 Å². The van der Waals surface area contributed by atoms with Crippen LogP contribution in [0.25, 0.3) is 0 Å². The smallest absolute Gasteiger partial charge is 0.191 e. The summed E-state index contributed by atoms with van der Waals surface area (Å²) in [5.41, 5.74) is 0.975. The molecule has 1 aromatic heterocycles. The van der Waals surface area contributed by atoms with Crippen LogP contribution in [0.4, 0.5) is 0 Å². The number of methoxy groups -OCH3 is 1. The summed E-state index contributed by atoms with van der Waals surface area (Å²) >= 11 is 0. The van der Waals surface area contributed by atoms with E-state index < -0.39 is 5.60 Å². The minimum Gasteiger partial charge on any atom is -0.497 e. The molecule has 0 spiro atoms. The lowest BCUT2D eigenvalue weighted by Crippen LogP contribution is -2.39. The van der Waals surface area contributed by atoms with Gasteiger partial charge in [0.25, 0.3) is 0 Å². The molecule has 148 valence electrons. The van der Waals surface area contributed by atoms with Crippen molar-refractivity contribution in [1.29, 1.82) is 0 Å². The van der Waals surface area contributed by atoms with Crippen LogP contribution in [0.2, 0.25) is 0 Å².